The second-order valence-electron chi connectivity index (χ2n) is 6.03. The molecule has 0 aromatic carbocycles. The van der Waals surface area contributed by atoms with Gasteiger partial charge in [-0.05, 0) is 44.8 Å². The van der Waals surface area contributed by atoms with Crippen LogP contribution in [0.4, 0.5) is 0 Å². The Kier molecular flexibility index (Phi) is 4.44. The van der Waals surface area contributed by atoms with E-state index < -0.39 is 0 Å². The second kappa shape index (κ2) is 6.27. The first-order valence-electron chi connectivity index (χ1n) is 7.72. The van der Waals surface area contributed by atoms with Gasteiger partial charge in [-0.25, -0.2) is 0 Å². The molecule has 0 N–H and O–H groups in total. The van der Waals surface area contributed by atoms with Crippen LogP contribution >= 0.6 is 11.6 Å². The average molecular weight is 282 g/mol. The minimum atomic E-state index is 0.385. The molecule has 19 heavy (non-hydrogen) atoms. The normalized spacial score (nSPS) is 23.8. The lowest BCUT2D eigenvalue weighted by Crippen LogP contribution is -2.33. The van der Waals surface area contributed by atoms with Crippen LogP contribution in [-0.2, 0) is 6.54 Å². The number of piperidine rings is 1. The maximum atomic E-state index is 6.14. The van der Waals surface area contributed by atoms with Crippen molar-refractivity contribution in [3.05, 3.63) is 18.0 Å². The zero-order chi connectivity index (χ0) is 13.1. The van der Waals surface area contributed by atoms with Crippen LogP contribution in [0.5, 0.6) is 0 Å². The summed E-state index contributed by atoms with van der Waals surface area (Å²) in [5, 5.41) is 5.17. The van der Waals surface area contributed by atoms with Gasteiger partial charge in [-0.3, -0.25) is 9.58 Å². The average Bonchev–Trinajstić information content (AvgIpc) is 2.91. The lowest BCUT2D eigenvalue weighted by atomic mass is 9.96. The number of rotatable bonds is 3. The van der Waals surface area contributed by atoms with Gasteiger partial charge in [-0.1, -0.05) is 19.3 Å². The molecule has 1 saturated heterocycles. The number of hydrogen-bond acceptors (Lipinski definition) is 2. The van der Waals surface area contributed by atoms with Gasteiger partial charge in [0, 0.05) is 18.1 Å². The molecule has 2 fully saturated rings. The zero-order valence-electron chi connectivity index (χ0n) is 11.6. The third kappa shape index (κ3) is 3.51. The number of halogens is 1. The summed E-state index contributed by atoms with van der Waals surface area (Å²) in [6.07, 6.45) is 11.1. The standard InChI is InChI=1S/C15H24ClN3/c16-13-6-9-18(10-7-13)12-14-8-11-19(17-14)15-4-2-1-3-5-15/h8,11,13,15H,1-7,9-10,12H2. The molecule has 2 aliphatic rings. The Labute approximate surface area is 120 Å². The maximum Gasteiger partial charge on any atom is 0.0764 e. The monoisotopic (exact) mass is 281 g/mol. The van der Waals surface area contributed by atoms with Crippen molar-refractivity contribution < 1.29 is 0 Å². The van der Waals surface area contributed by atoms with Gasteiger partial charge in [-0.15, -0.1) is 11.6 Å². The highest BCUT2D eigenvalue weighted by Crippen LogP contribution is 2.27. The van der Waals surface area contributed by atoms with Crippen LogP contribution < -0.4 is 0 Å². The van der Waals surface area contributed by atoms with Crippen LogP contribution in [0, 0.1) is 0 Å². The summed E-state index contributed by atoms with van der Waals surface area (Å²) < 4.78 is 2.21. The Bertz CT molecular complexity index is 390. The molecule has 106 valence electrons. The van der Waals surface area contributed by atoms with Gasteiger partial charge in [-0.2, -0.15) is 5.10 Å². The summed E-state index contributed by atoms with van der Waals surface area (Å²) >= 11 is 6.14. The molecular weight excluding hydrogens is 258 g/mol. The third-order valence-corrected chi connectivity index (χ3v) is 4.95. The smallest absolute Gasteiger partial charge is 0.0764 e. The quantitative estimate of drug-likeness (QED) is 0.790. The Hall–Kier alpha value is -0.540. The van der Waals surface area contributed by atoms with Crippen LogP contribution in [0.15, 0.2) is 12.3 Å². The van der Waals surface area contributed by atoms with Crippen LogP contribution in [0.3, 0.4) is 0 Å². The van der Waals surface area contributed by atoms with Crippen LogP contribution in [0.2, 0.25) is 0 Å². The van der Waals surface area contributed by atoms with Gasteiger partial charge in [0.25, 0.3) is 0 Å². The van der Waals surface area contributed by atoms with E-state index in [4.69, 9.17) is 16.7 Å². The fourth-order valence-corrected chi connectivity index (χ4v) is 3.49. The largest absolute Gasteiger partial charge is 0.297 e. The highest BCUT2D eigenvalue weighted by Gasteiger charge is 2.19. The molecule has 1 aromatic rings. The van der Waals surface area contributed by atoms with E-state index in [0.717, 1.165) is 32.5 Å². The van der Waals surface area contributed by atoms with Crippen molar-refractivity contribution in [2.45, 2.75) is 62.9 Å². The molecule has 1 aliphatic carbocycles. The van der Waals surface area contributed by atoms with E-state index in [1.807, 2.05) is 0 Å². The van der Waals surface area contributed by atoms with Gasteiger partial charge in [0.05, 0.1) is 11.7 Å². The summed E-state index contributed by atoms with van der Waals surface area (Å²) in [6.45, 7) is 3.22. The first kappa shape index (κ1) is 13.4. The van der Waals surface area contributed by atoms with Crippen molar-refractivity contribution in [3.63, 3.8) is 0 Å². The number of hydrogen-bond donors (Lipinski definition) is 0. The van der Waals surface area contributed by atoms with Crippen molar-refractivity contribution in [1.29, 1.82) is 0 Å². The van der Waals surface area contributed by atoms with Crippen molar-refractivity contribution in [2.75, 3.05) is 13.1 Å². The summed E-state index contributed by atoms with van der Waals surface area (Å²) in [5.74, 6) is 0. The van der Waals surface area contributed by atoms with E-state index >= 15 is 0 Å². The Morgan fingerprint density at radius 2 is 1.84 bits per heavy atom. The molecule has 0 amide bonds. The van der Waals surface area contributed by atoms with Gasteiger partial charge in [0.2, 0.25) is 0 Å². The zero-order valence-corrected chi connectivity index (χ0v) is 12.4. The molecule has 4 heteroatoms. The SMILES string of the molecule is ClC1CCN(Cc2ccn(C3CCCCC3)n2)CC1. The second-order valence-corrected chi connectivity index (χ2v) is 6.65. The molecular formula is C15H24ClN3. The molecule has 0 atom stereocenters. The van der Waals surface area contributed by atoms with E-state index in [9.17, 15) is 0 Å². The van der Waals surface area contributed by atoms with E-state index in [1.54, 1.807) is 0 Å². The van der Waals surface area contributed by atoms with Gasteiger partial charge in [0.1, 0.15) is 0 Å². The maximum absolute atomic E-state index is 6.14. The molecule has 1 aliphatic heterocycles. The molecule has 1 saturated carbocycles. The highest BCUT2D eigenvalue weighted by molar-refractivity contribution is 6.20. The van der Waals surface area contributed by atoms with Crippen LogP contribution in [-0.4, -0.2) is 33.1 Å². The van der Waals surface area contributed by atoms with E-state index in [0.29, 0.717) is 11.4 Å². The van der Waals surface area contributed by atoms with E-state index in [-0.39, 0.29) is 0 Å². The molecule has 3 rings (SSSR count). The first-order chi connectivity index (χ1) is 9.31. The first-order valence-corrected chi connectivity index (χ1v) is 8.15. The summed E-state index contributed by atoms with van der Waals surface area (Å²) in [7, 11) is 0. The minimum absolute atomic E-state index is 0.385. The predicted molar refractivity (Wildman–Crippen MR) is 78.5 cm³/mol. The van der Waals surface area contributed by atoms with Crippen LogP contribution in [0.25, 0.3) is 0 Å². The van der Waals surface area contributed by atoms with E-state index in [2.05, 4.69) is 21.8 Å². The van der Waals surface area contributed by atoms with E-state index in [1.165, 1.54) is 37.8 Å². The van der Waals surface area contributed by atoms with Crippen molar-refractivity contribution in [2.24, 2.45) is 0 Å². The van der Waals surface area contributed by atoms with Crippen molar-refractivity contribution in [3.8, 4) is 0 Å². The highest BCUT2D eigenvalue weighted by atomic mass is 35.5. The fourth-order valence-electron chi connectivity index (χ4n) is 3.30. The molecule has 0 unspecified atom stereocenters. The van der Waals surface area contributed by atoms with Crippen LogP contribution in [0.1, 0.15) is 56.7 Å². The topological polar surface area (TPSA) is 21.1 Å². The number of alkyl halides is 1. The number of aromatic nitrogens is 2. The summed E-state index contributed by atoms with van der Waals surface area (Å²) in [6, 6.07) is 2.84. The molecule has 0 radical (unpaired) electrons. The van der Waals surface area contributed by atoms with Crippen molar-refractivity contribution in [1.82, 2.24) is 14.7 Å². The summed E-state index contributed by atoms with van der Waals surface area (Å²) in [4.78, 5) is 2.48. The van der Waals surface area contributed by atoms with Gasteiger partial charge < -0.3 is 0 Å². The lowest BCUT2D eigenvalue weighted by molar-refractivity contribution is 0.219. The fraction of sp³-hybridized carbons (Fsp3) is 0.800. The summed E-state index contributed by atoms with van der Waals surface area (Å²) in [5.41, 5.74) is 1.22. The minimum Gasteiger partial charge on any atom is -0.297 e. The molecule has 3 nitrogen and oxygen atoms in total. The Morgan fingerprint density at radius 3 is 2.58 bits per heavy atom. The number of likely N-dealkylation sites (tertiary alicyclic amines) is 1. The molecule has 1 aromatic heterocycles. The predicted octanol–water partition coefficient (Wildman–Crippen LogP) is 3.59. The molecule has 2 heterocycles. The molecule has 0 bridgehead atoms. The third-order valence-electron chi connectivity index (χ3n) is 4.52. The van der Waals surface area contributed by atoms with Gasteiger partial charge >= 0.3 is 0 Å². The lowest BCUT2D eigenvalue weighted by Gasteiger charge is -2.28. The van der Waals surface area contributed by atoms with Crippen molar-refractivity contribution >= 4 is 11.6 Å². The Morgan fingerprint density at radius 1 is 1.11 bits per heavy atom. The number of nitrogens with zero attached hydrogens (tertiary/aromatic N) is 3. The molecule has 0 spiro atoms. The van der Waals surface area contributed by atoms with Gasteiger partial charge in [0.15, 0.2) is 0 Å². The Balaban J connectivity index is 1.55.